The normalized spacial score (nSPS) is 19.9. The van der Waals surface area contributed by atoms with E-state index in [1.54, 1.807) is 18.3 Å². The van der Waals surface area contributed by atoms with Crippen molar-refractivity contribution in [1.29, 1.82) is 0 Å². The second-order valence-electron chi connectivity index (χ2n) is 8.64. The summed E-state index contributed by atoms with van der Waals surface area (Å²) in [6.07, 6.45) is 9.19. The summed E-state index contributed by atoms with van der Waals surface area (Å²) in [5, 5.41) is 4.76. The Labute approximate surface area is 210 Å². The number of carbonyl (C=O) groups excluding carboxylic acids is 1. The van der Waals surface area contributed by atoms with E-state index in [1.165, 1.54) is 11.6 Å². The maximum Gasteiger partial charge on any atom is 0.267 e. The summed E-state index contributed by atoms with van der Waals surface area (Å²) >= 11 is 12.6. The van der Waals surface area contributed by atoms with Gasteiger partial charge in [-0.1, -0.05) is 35.3 Å². The van der Waals surface area contributed by atoms with Crippen LogP contribution < -0.4 is 10.8 Å². The summed E-state index contributed by atoms with van der Waals surface area (Å²) in [6, 6.07) is 10.1. The summed E-state index contributed by atoms with van der Waals surface area (Å²) in [4.78, 5) is 24.1. The number of benzene rings is 1. The number of pyridine rings is 1. The molecular weight excluding hydrogens is 475 g/mol. The lowest BCUT2D eigenvalue weighted by Crippen LogP contribution is -2.38. The van der Waals surface area contributed by atoms with Gasteiger partial charge in [-0.2, -0.15) is 0 Å². The number of hydrogen-bond donors (Lipinski definition) is 2. The van der Waals surface area contributed by atoms with E-state index in [0.717, 1.165) is 62.3 Å². The van der Waals surface area contributed by atoms with E-state index in [1.807, 2.05) is 18.2 Å². The zero-order valence-electron chi connectivity index (χ0n) is 19.0. The Kier molecular flexibility index (Phi) is 9.18. The predicted molar refractivity (Wildman–Crippen MR) is 134 cm³/mol. The summed E-state index contributed by atoms with van der Waals surface area (Å²) < 4.78 is 5.42. The van der Waals surface area contributed by atoms with Crippen LogP contribution in [0.3, 0.4) is 0 Å². The fourth-order valence-corrected chi connectivity index (χ4v) is 4.55. The average Bonchev–Trinajstić information content (AvgIpc) is 2.85. The number of nitrogens with zero attached hydrogens (tertiary/aromatic N) is 2. The highest BCUT2D eigenvalue weighted by molar-refractivity contribution is 6.33. The van der Waals surface area contributed by atoms with E-state index >= 15 is 0 Å². The molecule has 1 atom stereocenters. The van der Waals surface area contributed by atoms with Crippen LogP contribution in [0.1, 0.15) is 43.2 Å². The molecule has 7 nitrogen and oxygen atoms in total. The Hall–Kier alpha value is -2.16. The SMILES string of the molecule is O=C(/C=C/c1cnc(NC2CCN(Cc3cccc(Cl)c3)CC2)c(Cl)c1)NOC1CCCCO1. The van der Waals surface area contributed by atoms with E-state index in [9.17, 15) is 4.79 Å². The van der Waals surface area contributed by atoms with Crippen molar-refractivity contribution in [2.45, 2.75) is 51.0 Å². The lowest BCUT2D eigenvalue weighted by molar-refractivity contribution is -0.198. The number of aromatic nitrogens is 1. The number of anilines is 1. The minimum absolute atomic E-state index is 0.312. The van der Waals surface area contributed by atoms with Crippen LogP contribution in [0.15, 0.2) is 42.6 Å². The van der Waals surface area contributed by atoms with Crippen LogP contribution >= 0.6 is 23.2 Å². The molecule has 1 unspecified atom stereocenters. The number of hydrogen-bond acceptors (Lipinski definition) is 6. The minimum atomic E-state index is -0.378. The summed E-state index contributed by atoms with van der Waals surface area (Å²) in [5.74, 6) is 0.298. The zero-order chi connectivity index (χ0) is 23.8. The van der Waals surface area contributed by atoms with Crippen LogP contribution in [0, 0.1) is 0 Å². The van der Waals surface area contributed by atoms with Gasteiger partial charge in [0, 0.05) is 56.0 Å². The third-order valence-corrected chi connectivity index (χ3v) is 6.47. The molecule has 2 aliphatic rings. The quantitative estimate of drug-likeness (QED) is 0.386. The maximum atomic E-state index is 12.0. The molecule has 1 amide bonds. The van der Waals surface area contributed by atoms with Crippen LogP contribution in [0.2, 0.25) is 10.0 Å². The van der Waals surface area contributed by atoms with Gasteiger partial charge in [-0.25, -0.2) is 15.3 Å². The van der Waals surface area contributed by atoms with Gasteiger partial charge in [0.25, 0.3) is 5.91 Å². The zero-order valence-corrected chi connectivity index (χ0v) is 20.5. The Bertz CT molecular complexity index is 990. The van der Waals surface area contributed by atoms with E-state index in [0.29, 0.717) is 23.5 Å². The van der Waals surface area contributed by atoms with Crippen molar-refractivity contribution in [1.82, 2.24) is 15.4 Å². The van der Waals surface area contributed by atoms with Gasteiger partial charge in [0.05, 0.1) is 5.02 Å². The van der Waals surface area contributed by atoms with Gasteiger partial charge >= 0.3 is 0 Å². The van der Waals surface area contributed by atoms with Gasteiger partial charge in [-0.15, -0.1) is 0 Å². The van der Waals surface area contributed by atoms with E-state index in [4.69, 9.17) is 32.8 Å². The molecule has 2 fully saturated rings. The maximum absolute atomic E-state index is 12.0. The summed E-state index contributed by atoms with van der Waals surface area (Å²) in [6.45, 7) is 3.54. The molecular formula is C25H30Cl2N4O3. The Morgan fingerprint density at radius 3 is 2.79 bits per heavy atom. The molecule has 0 saturated carbocycles. The Morgan fingerprint density at radius 1 is 1.21 bits per heavy atom. The number of likely N-dealkylation sites (tertiary alicyclic amines) is 1. The van der Waals surface area contributed by atoms with Crippen molar-refractivity contribution in [3.8, 4) is 0 Å². The second kappa shape index (κ2) is 12.5. The number of amides is 1. The molecule has 1 aromatic heterocycles. The van der Waals surface area contributed by atoms with Gasteiger partial charge in [-0.05, 0) is 61.1 Å². The molecule has 2 N–H and O–H groups in total. The first-order valence-corrected chi connectivity index (χ1v) is 12.4. The predicted octanol–water partition coefficient (Wildman–Crippen LogP) is 5.05. The molecule has 2 aliphatic heterocycles. The van der Waals surface area contributed by atoms with E-state index < -0.39 is 0 Å². The number of rotatable bonds is 8. The molecule has 0 aliphatic carbocycles. The van der Waals surface area contributed by atoms with Crippen LogP contribution in [0.25, 0.3) is 6.08 Å². The molecule has 182 valence electrons. The first kappa shape index (κ1) is 24.9. The molecule has 4 rings (SSSR count). The standard InChI is InChI=1S/C25H30Cl2N4O3/c26-20-5-3-4-19(14-20)17-31-11-9-21(10-12-31)29-25-22(27)15-18(16-28-25)7-8-23(32)30-34-24-6-1-2-13-33-24/h3-5,7-8,14-16,21,24H,1-2,6,9-13,17H2,(H,28,29)(H,30,32)/b8-7+. The lowest BCUT2D eigenvalue weighted by atomic mass is 10.0. The summed E-state index contributed by atoms with van der Waals surface area (Å²) in [5.41, 5.74) is 4.36. The molecule has 0 bridgehead atoms. The van der Waals surface area contributed by atoms with Gasteiger partial charge < -0.3 is 10.1 Å². The van der Waals surface area contributed by atoms with Gasteiger partial charge in [-0.3, -0.25) is 9.69 Å². The number of halogens is 2. The highest BCUT2D eigenvalue weighted by atomic mass is 35.5. The van der Waals surface area contributed by atoms with Crippen molar-refractivity contribution in [2.24, 2.45) is 0 Å². The minimum Gasteiger partial charge on any atom is -0.366 e. The van der Waals surface area contributed by atoms with Crippen molar-refractivity contribution in [2.75, 3.05) is 25.0 Å². The number of hydroxylamine groups is 1. The van der Waals surface area contributed by atoms with Crippen molar-refractivity contribution < 1.29 is 14.4 Å². The van der Waals surface area contributed by atoms with Crippen molar-refractivity contribution in [3.05, 3.63) is 63.8 Å². The molecule has 0 radical (unpaired) electrons. The van der Waals surface area contributed by atoms with Crippen molar-refractivity contribution >= 4 is 41.0 Å². The molecule has 0 spiro atoms. The fraction of sp³-hybridized carbons (Fsp3) is 0.440. The Balaban J connectivity index is 1.21. The smallest absolute Gasteiger partial charge is 0.267 e. The van der Waals surface area contributed by atoms with Gasteiger partial charge in [0.2, 0.25) is 0 Å². The number of piperidine rings is 1. The molecule has 3 heterocycles. The van der Waals surface area contributed by atoms with Crippen molar-refractivity contribution in [3.63, 3.8) is 0 Å². The van der Waals surface area contributed by atoms with E-state index in [2.05, 4.69) is 26.7 Å². The van der Waals surface area contributed by atoms with Crippen LogP contribution in [-0.2, 0) is 20.9 Å². The molecule has 1 aromatic carbocycles. The number of ether oxygens (including phenoxy) is 1. The Morgan fingerprint density at radius 2 is 2.06 bits per heavy atom. The third kappa shape index (κ3) is 7.68. The first-order valence-electron chi connectivity index (χ1n) is 11.7. The number of nitrogens with one attached hydrogen (secondary N) is 2. The van der Waals surface area contributed by atoms with Crippen LogP contribution in [0.4, 0.5) is 5.82 Å². The highest BCUT2D eigenvalue weighted by Gasteiger charge is 2.20. The van der Waals surface area contributed by atoms with Gasteiger partial charge in [0.15, 0.2) is 6.29 Å². The topological polar surface area (TPSA) is 75.7 Å². The molecule has 2 aromatic rings. The second-order valence-corrected chi connectivity index (χ2v) is 9.48. The first-order chi connectivity index (χ1) is 16.5. The van der Waals surface area contributed by atoms with Crippen LogP contribution in [0.5, 0.6) is 0 Å². The summed E-state index contributed by atoms with van der Waals surface area (Å²) in [7, 11) is 0. The largest absolute Gasteiger partial charge is 0.366 e. The van der Waals surface area contributed by atoms with Gasteiger partial charge in [0.1, 0.15) is 5.82 Å². The fourth-order valence-electron chi connectivity index (χ4n) is 4.11. The average molecular weight is 505 g/mol. The third-order valence-electron chi connectivity index (χ3n) is 5.94. The molecule has 2 saturated heterocycles. The number of carbonyl (C=O) groups is 1. The molecule has 9 heteroatoms. The van der Waals surface area contributed by atoms with Crippen LogP contribution in [-0.4, -0.2) is 47.8 Å². The molecule has 34 heavy (non-hydrogen) atoms. The monoisotopic (exact) mass is 504 g/mol. The lowest BCUT2D eigenvalue weighted by Gasteiger charge is -2.32. The highest BCUT2D eigenvalue weighted by Crippen LogP contribution is 2.24. The van der Waals surface area contributed by atoms with E-state index in [-0.39, 0.29) is 12.2 Å².